The van der Waals surface area contributed by atoms with Crippen LogP contribution in [0.3, 0.4) is 0 Å². The van der Waals surface area contributed by atoms with E-state index >= 15 is 0 Å². The number of benzene rings is 1. The van der Waals surface area contributed by atoms with E-state index in [4.69, 9.17) is 9.47 Å². The number of ether oxygens (including phenoxy) is 2. The van der Waals surface area contributed by atoms with Gasteiger partial charge < -0.3 is 20.1 Å². The maximum atomic E-state index is 13.7. The molecule has 3 rings (SSSR count). The largest absolute Gasteiger partial charge is 0.464 e. The number of amides is 2. The average Bonchev–Trinajstić information content (AvgIpc) is 3.42. The standard InChI is InChI=1S/C30H37N3O7S/c1-5-39-28(37)24(18-21-8-10-23(11-9-21)40-27(36)22-12-16-31-17-13-22)32-29(38)30(14-6-7-15-30)33-26(35)25(19(2)3)41-20(4)34/h8-13,16-17,19,24-25H,5-7,14-15,18H2,1-4H3,(H,32,38)(H,33,35)/t24-,25+/m0/s1. The van der Waals surface area contributed by atoms with E-state index in [1.54, 1.807) is 43.3 Å². The van der Waals surface area contributed by atoms with Crippen LogP contribution >= 0.6 is 11.8 Å². The summed E-state index contributed by atoms with van der Waals surface area (Å²) in [4.78, 5) is 67.7. The fourth-order valence-corrected chi connectivity index (χ4v) is 5.48. The molecule has 0 aliphatic heterocycles. The first-order valence-corrected chi connectivity index (χ1v) is 14.6. The lowest BCUT2D eigenvalue weighted by Gasteiger charge is -2.33. The van der Waals surface area contributed by atoms with Crippen LogP contribution in [0.1, 0.15) is 69.3 Å². The summed E-state index contributed by atoms with van der Waals surface area (Å²) in [5, 5.41) is 4.94. The average molecular weight is 584 g/mol. The smallest absolute Gasteiger partial charge is 0.343 e. The maximum Gasteiger partial charge on any atom is 0.343 e. The third-order valence-corrected chi connectivity index (χ3v) is 8.12. The number of carbonyl (C=O) groups excluding carboxylic acids is 5. The highest BCUT2D eigenvalue weighted by atomic mass is 32.2. The number of rotatable bonds is 12. The third-order valence-electron chi connectivity index (χ3n) is 6.78. The molecule has 1 saturated carbocycles. The summed E-state index contributed by atoms with van der Waals surface area (Å²) in [6.45, 7) is 6.93. The number of hydrogen-bond donors (Lipinski definition) is 2. The number of carbonyl (C=O) groups is 5. The number of nitrogens with zero attached hydrogens (tertiary/aromatic N) is 1. The maximum absolute atomic E-state index is 13.7. The summed E-state index contributed by atoms with van der Waals surface area (Å²) < 4.78 is 10.6. The van der Waals surface area contributed by atoms with Crippen LogP contribution in [0.15, 0.2) is 48.8 Å². The van der Waals surface area contributed by atoms with Crippen LogP contribution in [0.4, 0.5) is 0 Å². The van der Waals surface area contributed by atoms with Gasteiger partial charge in [-0.25, -0.2) is 9.59 Å². The van der Waals surface area contributed by atoms with E-state index < -0.39 is 34.7 Å². The van der Waals surface area contributed by atoms with Crippen LogP contribution in [-0.2, 0) is 30.3 Å². The summed E-state index contributed by atoms with van der Waals surface area (Å²) in [6, 6.07) is 8.71. The van der Waals surface area contributed by atoms with Crippen molar-refractivity contribution in [1.29, 1.82) is 0 Å². The first-order chi connectivity index (χ1) is 19.5. The Morgan fingerprint density at radius 2 is 1.63 bits per heavy atom. The second kappa shape index (κ2) is 14.8. The normalized spacial score (nSPS) is 15.4. The molecule has 0 bridgehead atoms. The molecule has 2 atom stereocenters. The Balaban J connectivity index is 1.73. The quantitative estimate of drug-likeness (QED) is 0.283. The molecule has 0 saturated heterocycles. The molecule has 0 radical (unpaired) electrons. The molecule has 41 heavy (non-hydrogen) atoms. The van der Waals surface area contributed by atoms with Crippen molar-refractivity contribution in [2.75, 3.05) is 6.61 Å². The van der Waals surface area contributed by atoms with Crippen LogP contribution in [0.25, 0.3) is 0 Å². The van der Waals surface area contributed by atoms with Crippen molar-refractivity contribution in [3.8, 4) is 5.75 Å². The molecule has 10 nitrogen and oxygen atoms in total. The van der Waals surface area contributed by atoms with Gasteiger partial charge in [-0.05, 0) is 55.5 Å². The lowest BCUT2D eigenvalue weighted by atomic mass is 9.94. The van der Waals surface area contributed by atoms with Crippen LogP contribution in [0, 0.1) is 5.92 Å². The molecule has 1 aliphatic carbocycles. The number of nitrogens with one attached hydrogen (secondary N) is 2. The SMILES string of the molecule is CCOC(=O)[C@H](Cc1ccc(OC(=O)c2ccncc2)cc1)NC(=O)C1(NC(=O)[C@H](SC(C)=O)C(C)C)CCCC1. The first-order valence-electron chi connectivity index (χ1n) is 13.7. The molecule has 0 spiro atoms. The highest BCUT2D eigenvalue weighted by molar-refractivity contribution is 8.14. The van der Waals surface area contributed by atoms with Crippen LogP contribution in [0.2, 0.25) is 0 Å². The fourth-order valence-electron chi connectivity index (χ4n) is 4.68. The molecule has 2 N–H and O–H groups in total. The summed E-state index contributed by atoms with van der Waals surface area (Å²) in [5.41, 5.74) is -0.117. The zero-order valence-electron chi connectivity index (χ0n) is 23.8. The van der Waals surface area contributed by atoms with Crippen LogP contribution in [-0.4, -0.2) is 57.3 Å². The molecule has 1 aliphatic rings. The van der Waals surface area contributed by atoms with Gasteiger partial charge >= 0.3 is 11.9 Å². The van der Waals surface area contributed by atoms with E-state index in [0.717, 1.165) is 24.6 Å². The number of esters is 2. The molecule has 0 unspecified atom stereocenters. The predicted molar refractivity (Wildman–Crippen MR) is 154 cm³/mol. The summed E-state index contributed by atoms with van der Waals surface area (Å²) in [6.07, 6.45) is 5.45. The zero-order chi connectivity index (χ0) is 30.0. The summed E-state index contributed by atoms with van der Waals surface area (Å²) in [5.74, 6) is -1.75. The second-order valence-electron chi connectivity index (χ2n) is 10.3. The van der Waals surface area contributed by atoms with Crippen LogP contribution in [0.5, 0.6) is 5.75 Å². The van der Waals surface area contributed by atoms with Crippen molar-refractivity contribution in [2.24, 2.45) is 5.92 Å². The van der Waals surface area contributed by atoms with Gasteiger partial charge in [0.1, 0.15) is 17.3 Å². The Hall–Kier alpha value is -3.73. The molecule has 2 aromatic rings. The van der Waals surface area contributed by atoms with E-state index in [9.17, 15) is 24.0 Å². The van der Waals surface area contributed by atoms with Gasteiger partial charge in [0.15, 0.2) is 5.12 Å². The molecule has 11 heteroatoms. The number of pyridine rings is 1. The Morgan fingerprint density at radius 3 is 2.20 bits per heavy atom. The van der Waals surface area contributed by atoms with E-state index in [-0.39, 0.29) is 30.0 Å². The monoisotopic (exact) mass is 583 g/mol. The minimum atomic E-state index is -1.18. The van der Waals surface area contributed by atoms with Crippen molar-refractivity contribution >= 4 is 40.6 Å². The van der Waals surface area contributed by atoms with Crippen molar-refractivity contribution in [3.05, 3.63) is 59.9 Å². The van der Waals surface area contributed by atoms with Gasteiger partial charge in [-0.2, -0.15) is 0 Å². The van der Waals surface area contributed by atoms with Gasteiger partial charge in [0.05, 0.1) is 17.4 Å². The van der Waals surface area contributed by atoms with Crippen molar-refractivity contribution in [1.82, 2.24) is 15.6 Å². The van der Waals surface area contributed by atoms with Gasteiger partial charge in [-0.15, -0.1) is 0 Å². The number of hydrogen-bond acceptors (Lipinski definition) is 9. The van der Waals surface area contributed by atoms with E-state index in [0.29, 0.717) is 29.7 Å². The van der Waals surface area contributed by atoms with E-state index in [1.807, 2.05) is 13.8 Å². The molecular weight excluding hydrogens is 546 g/mol. The Morgan fingerprint density at radius 1 is 1.00 bits per heavy atom. The summed E-state index contributed by atoms with van der Waals surface area (Å²) in [7, 11) is 0. The molecule has 1 fully saturated rings. The van der Waals surface area contributed by atoms with Gasteiger partial charge in [0.25, 0.3) is 0 Å². The Kier molecular flexibility index (Phi) is 11.5. The van der Waals surface area contributed by atoms with Crippen LogP contribution < -0.4 is 15.4 Å². The highest BCUT2D eigenvalue weighted by Gasteiger charge is 2.45. The number of thioether (sulfide) groups is 1. The number of aromatic nitrogens is 1. The minimum Gasteiger partial charge on any atom is -0.464 e. The fraction of sp³-hybridized carbons (Fsp3) is 0.467. The van der Waals surface area contributed by atoms with Gasteiger partial charge in [-0.1, -0.05) is 50.6 Å². The van der Waals surface area contributed by atoms with Gasteiger partial charge in [0.2, 0.25) is 11.8 Å². The van der Waals surface area contributed by atoms with Gasteiger partial charge in [0, 0.05) is 25.7 Å². The molecule has 220 valence electrons. The molecule has 1 heterocycles. The second-order valence-corrected chi connectivity index (χ2v) is 11.6. The van der Waals surface area contributed by atoms with Crippen molar-refractivity contribution < 1.29 is 33.4 Å². The van der Waals surface area contributed by atoms with E-state index in [1.165, 1.54) is 19.3 Å². The molecule has 1 aromatic heterocycles. The van der Waals surface area contributed by atoms with Crippen molar-refractivity contribution in [3.63, 3.8) is 0 Å². The topological polar surface area (TPSA) is 141 Å². The molecule has 1 aromatic carbocycles. The highest BCUT2D eigenvalue weighted by Crippen LogP contribution is 2.32. The first kappa shape index (κ1) is 31.8. The lowest BCUT2D eigenvalue weighted by Crippen LogP contribution is -2.61. The van der Waals surface area contributed by atoms with Gasteiger partial charge in [-0.3, -0.25) is 19.4 Å². The lowest BCUT2D eigenvalue weighted by molar-refractivity contribution is -0.148. The molecular formula is C30H37N3O7S. The van der Waals surface area contributed by atoms with E-state index in [2.05, 4.69) is 15.6 Å². The zero-order valence-corrected chi connectivity index (χ0v) is 24.6. The summed E-state index contributed by atoms with van der Waals surface area (Å²) >= 11 is 0.949. The predicted octanol–water partition coefficient (Wildman–Crippen LogP) is 3.62. The Labute approximate surface area is 244 Å². The Bertz CT molecular complexity index is 1230. The molecule has 2 amide bonds. The van der Waals surface area contributed by atoms with Crippen molar-refractivity contribution in [2.45, 2.75) is 76.6 Å². The third kappa shape index (κ3) is 8.88. The minimum absolute atomic E-state index is 0.121.